The summed E-state index contributed by atoms with van der Waals surface area (Å²) in [5.41, 5.74) is 0.431. The highest BCUT2D eigenvalue weighted by molar-refractivity contribution is 5.92. The smallest absolute Gasteiger partial charge is 0.238 e. The predicted octanol–water partition coefficient (Wildman–Crippen LogP) is 2.49. The van der Waals surface area contributed by atoms with E-state index in [1.54, 1.807) is 38.4 Å². The number of rotatable bonds is 7. The molecule has 2 aromatic carbocycles. The van der Waals surface area contributed by atoms with Gasteiger partial charge in [-0.05, 0) is 18.2 Å². The van der Waals surface area contributed by atoms with Crippen LogP contribution in [0.1, 0.15) is 5.56 Å². The van der Waals surface area contributed by atoms with Crippen LogP contribution < -0.4 is 5.32 Å². The molecule has 0 aliphatic rings. The van der Waals surface area contributed by atoms with Crippen LogP contribution in [-0.4, -0.2) is 48.8 Å². The molecule has 0 spiro atoms. The van der Waals surface area contributed by atoms with Gasteiger partial charge in [0.15, 0.2) is 0 Å². The van der Waals surface area contributed by atoms with Gasteiger partial charge < -0.3 is 10.2 Å². The number of benzene rings is 2. The number of nitrogens with one attached hydrogen (secondary N) is 1. The molecular weight excluding hydrogens is 340 g/mol. The zero-order chi connectivity index (χ0) is 19.1. The molecule has 7 heteroatoms. The van der Waals surface area contributed by atoms with Crippen molar-refractivity contribution < 1.29 is 18.4 Å². The molecule has 0 saturated heterocycles. The van der Waals surface area contributed by atoms with Gasteiger partial charge >= 0.3 is 0 Å². The van der Waals surface area contributed by atoms with E-state index < -0.39 is 17.5 Å². The number of amides is 2. The maximum absolute atomic E-state index is 13.9. The van der Waals surface area contributed by atoms with E-state index in [9.17, 15) is 18.4 Å². The van der Waals surface area contributed by atoms with Crippen LogP contribution in [0.3, 0.4) is 0 Å². The van der Waals surface area contributed by atoms with Gasteiger partial charge in [0.25, 0.3) is 0 Å². The van der Waals surface area contributed by atoms with E-state index in [0.717, 1.165) is 0 Å². The van der Waals surface area contributed by atoms with Crippen molar-refractivity contribution in [3.63, 3.8) is 0 Å². The number of halogens is 2. The summed E-state index contributed by atoms with van der Waals surface area (Å²) in [6.45, 7) is -0.161. The minimum Gasteiger partial charge on any atom is -0.348 e. The van der Waals surface area contributed by atoms with Gasteiger partial charge in [-0.1, -0.05) is 30.3 Å². The van der Waals surface area contributed by atoms with E-state index in [4.69, 9.17) is 0 Å². The SMILES string of the molecule is CN(C)C(=O)CN(CC(=O)Nc1ccccc1F)Cc1ccccc1F. The first-order valence-corrected chi connectivity index (χ1v) is 8.07. The van der Waals surface area contributed by atoms with E-state index in [0.29, 0.717) is 5.56 Å². The van der Waals surface area contributed by atoms with Crippen molar-refractivity contribution in [2.45, 2.75) is 6.54 Å². The second-order valence-electron chi connectivity index (χ2n) is 6.05. The number of hydrogen-bond acceptors (Lipinski definition) is 3. The first-order chi connectivity index (χ1) is 12.4. The minimum atomic E-state index is -0.550. The molecule has 0 atom stereocenters. The molecule has 2 aromatic rings. The molecule has 0 aliphatic heterocycles. The lowest BCUT2D eigenvalue weighted by Gasteiger charge is -2.23. The van der Waals surface area contributed by atoms with Crippen molar-refractivity contribution in [1.29, 1.82) is 0 Å². The number of anilines is 1. The number of nitrogens with zero attached hydrogens (tertiary/aromatic N) is 2. The van der Waals surface area contributed by atoms with Crippen molar-refractivity contribution in [3.8, 4) is 0 Å². The van der Waals surface area contributed by atoms with Crippen LogP contribution >= 0.6 is 0 Å². The monoisotopic (exact) mass is 361 g/mol. The number of para-hydroxylation sites is 1. The van der Waals surface area contributed by atoms with Gasteiger partial charge in [0, 0.05) is 26.2 Å². The quantitative estimate of drug-likeness (QED) is 0.824. The second-order valence-corrected chi connectivity index (χ2v) is 6.05. The van der Waals surface area contributed by atoms with Crippen LogP contribution in [0, 0.1) is 11.6 Å². The normalized spacial score (nSPS) is 10.7. The highest BCUT2D eigenvalue weighted by Crippen LogP contribution is 2.13. The average molecular weight is 361 g/mol. The molecule has 0 radical (unpaired) electrons. The number of carbonyl (C=O) groups is 2. The van der Waals surface area contributed by atoms with E-state index >= 15 is 0 Å². The van der Waals surface area contributed by atoms with E-state index in [-0.39, 0.29) is 31.2 Å². The van der Waals surface area contributed by atoms with Crippen molar-refractivity contribution >= 4 is 17.5 Å². The lowest BCUT2D eigenvalue weighted by atomic mass is 10.2. The van der Waals surface area contributed by atoms with Gasteiger partial charge in [0.05, 0.1) is 18.8 Å². The molecule has 2 rings (SSSR count). The third-order valence-corrected chi connectivity index (χ3v) is 3.72. The Bertz CT molecular complexity index is 781. The van der Waals surface area contributed by atoms with Crippen molar-refractivity contribution in [3.05, 3.63) is 65.7 Å². The Hall–Kier alpha value is -2.80. The highest BCUT2D eigenvalue weighted by Gasteiger charge is 2.18. The summed E-state index contributed by atoms with van der Waals surface area (Å²) < 4.78 is 27.6. The Morgan fingerprint density at radius 2 is 1.54 bits per heavy atom. The van der Waals surface area contributed by atoms with Crippen LogP contribution in [0.2, 0.25) is 0 Å². The van der Waals surface area contributed by atoms with Crippen molar-refractivity contribution in [2.75, 3.05) is 32.5 Å². The van der Waals surface area contributed by atoms with Gasteiger partial charge in [-0.3, -0.25) is 14.5 Å². The largest absolute Gasteiger partial charge is 0.348 e. The fourth-order valence-electron chi connectivity index (χ4n) is 2.32. The molecule has 5 nitrogen and oxygen atoms in total. The molecule has 138 valence electrons. The average Bonchev–Trinajstić information content (AvgIpc) is 2.58. The van der Waals surface area contributed by atoms with Crippen LogP contribution in [0.25, 0.3) is 0 Å². The third-order valence-electron chi connectivity index (χ3n) is 3.72. The summed E-state index contributed by atoms with van der Waals surface area (Å²) in [4.78, 5) is 27.2. The van der Waals surface area contributed by atoms with Gasteiger partial charge in [0.2, 0.25) is 11.8 Å². The van der Waals surface area contributed by atoms with Crippen LogP contribution in [0.5, 0.6) is 0 Å². The first-order valence-electron chi connectivity index (χ1n) is 8.07. The zero-order valence-electron chi connectivity index (χ0n) is 14.7. The highest BCUT2D eigenvalue weighted by atomic mass is 19.1. The molecule has 0 aliphatic carbocycles. The minimum absolute atomic E-state index is 0.0577. The topological polar surface area (TPSA) is 52.7 Å². The Kier molecular flexibility index (Phi) is 6.80. The second kappa shape index (κ2) is 9.05. The summed E-state index contributed by atoms with van der Waals surface area (Å²) in [5.74, 6) is -1.67. The van der Waals surface area contributed by atoms with Crippen LogP contribution in [-0.2, 0) is 16.1 Å². The van der Waals surface area contributed by atoms with Crippen LogP contribution in [0.15, 0.2) is 48.5 Å². The van der Waals surface area contributed by atoms with Gasteiger partial charge in [0.1, 0.15) is 11.6 Å². The third kappa shape index (κ3) is 5.63. The summed E-state index contributed by atoms with van der Waals surface area (Å²) in [6, 6.07) is 12.0. The van der Waals surface area contributed by atoms with E-state index in [1.807, 2.05) is 0 Å². The Morgan fingerprint density at radius 1 is 0.923 bits per heavy atom. The molecule has 1 N–H and O–H groups in total. The standard InChI is InChI=1S/C19H21F2N3O2/c1-23(2)19(26)13-24(11-14-7-3-4-8-15(14)20)12-18(25)22-17-10-6-5-9-16(17)21/h3-10H,11-13H2,1-2H3,(H,22,25). The lowest BCUT2D eigenvalue weighted by Crippen LogP contribution is -2.40. The Balaban J connectivity index is 2.10. The summed E-state index contributed by atoms with van der Waals surface area (Å²) in [7, 11) is 3.20. The predicted molar refractivity (Wildman–Crippen MR) is 95.4 cm³/mol. The maximum Gasteiger partial charge on any atom is 0.238 e. The molecule has 0 saturated carbocycles. The van der Waals surface area contributed by atoms with Crippen molar-refractivity contribution in [1.82, 2.24) is 9.80 Å². The molecule has 0 heterocycles. The first kappa shape index (κ1) is 19.5. The number of carbonyl (C=O) groups excluding carboxylic acids is 2. The zero-order valence-corrected chi connectivity index (χ0v) is 14.7. The van der Waals surface area contributed by atoms with Gasteiger partial charge in [-0.2, -0.15) is 0 Å². The fourth-order valence-corrected chi connectivity index (χ4v) is 2.32. The Morgan fingerprint density at radius 3 is 2.15 bits per heavy atom. The number of hydrogen-bond donors (Lipinski definition) is 1. The Labute approximate surface area is 151 Å². The van der Waals surface area contributed by atoms with Gasteiger partial charge in [-0.25, -0.2) is 8.78 Å². The van der Waals surface area contributed by atoms with Crippen molar-refractivity contribution in [2.24, 2.45) is 0 Å². The molecule has 0 bridgehead atoms. The number of likely N-dealkylation sites (N-methyl/N-ethyl adjacent to an activating group) is 1. The summed E-state index contributed by atoms with van der Waals surface area (Å²) in [5, 5.41) is 2.47. The van der Waals surface area contributed by atoms with E-state index in [1.165, 1.54) is 34.1 Å². The van der Waals surface area contributed by atoms with Crippen LogP contribution in [0.4, 0.5) is 14.5 Å². The molecule has 26 heavy (non-hydrogen) atoms. The molecule has 0 fully saturated rings. The fraction of sp³-hybridized carbons (Fsp3) is 0.263. The maximum atomic E-state index is 13.9. The van der Waals surface area contributed by atoms with Gasteiger partial charge in [-0.15, -0.1) is 0 Å². The molecule has 0 aromatic heterocycles. The molecule has 0 unspecified atom stereocenters. The van der Waals surface area contributed by atoms with E-state index in [2.05, 4.69) is 5.32 Å². The summed E-state index contributed by atoms with van der Waals surface area (Å²) in [6.07, 6.45) is 0. The molecular formula is C19H21F2N3O2. The summed E-state index contributed by atoms with van der Waals surface area (Å²) >= 11 is 0. The molecule has 2 amide bonds. The lowest BCUT2D eigenvalue weighted by molar-refractivity contribution is -0.130.